The average molecular weight is 427 g/mol. The zero-order valence-corrected chi connectivity index (χ0v) is 17.8. The summed E-state index contributed by atoms with van der Waals surface area (Å²) in [6.07, 6.45) is 11.4. The molecule has 1 aromatic heterocycles. The van der Waals surface area contributed by atoms with Crippen LogP contribution in [0, 0.1) is 5.92 Å². The fourth-order valence-corrected chi connectivity index (χ4v) is 4.07. The summed E-state index contributed by atoms with van der Waals surface area (Å²) in [5.74, 6) is 0.686. The first-order chi connectivity index (χ1) is 14.6. The van der Waals surface area contributed by atoms with E-state index in [1.807, 2.05) is 19.2 Å². The van der Waals surface area contributed by atoms with Gasteiger partial charge in [0.1, 0.15) is 0 Å². The average Bonchev–Trinajstić information content (AvgIpc) is 3.05. The number of nitrogens with zero attached hydrogens (tertiary/aromatic N) is 4. The Kier molecular flexibility index (Phi) is 7.92. The highest BCUT2D eigenvalue weighted by Gasteiger charge is 2.25. The molecule has 0 spiro atoms. The lowest BCUT2D eigenvalue weighted by atomic mass is 9.96. The smallest absolute Gasteiger partial charge is 0.290 e. The van der Waals surface area contributed by atoms with Crippen molar-refractivity contribution in [1.82, 2.24) is 20.2 Å². The van der Waals surface area contributed by atoms with Crippen molar-refractivity contribution in [3.63, 3.8) is 0 Å². The van der Waals surface area contributed by atoms with Crippen LogP contribution >= 0.6 is 11.8 Å². The summed E-state index contributed by atoms with van der Waals surface area (Å²) in [5.41, 5.74) is 1.76. The minimum atomic E-state index is -0.388. The van der Waals surface area contributed by atoms with Crippen molar-refractivity contribution < 1.29 is 9.59 Å². The van der Waals surface area contributed by atoms with Gasteiger partial charge in [-0.1, -0.05) is 12.2 Å². The summed E-state index contributed by atoms with van der Waals surface area (Å²) >= 11 is 0.879. The van der Waals surface area contributed by atoms with Crippen molar-refractivity contribution >= 4 is 41.7 Å². The second-order valence-corrected chi connectivity index (χ2v) is 8.16. The van der Waals surface area contributed by atoms with Crippen LogP contribution in [0.15, 0.2) is 46.1 Å². The number of piperidine rings is 1. The van der Waals surface area contributed by atoms with Crippen molar-refractivity contribution in [2.75, 3.05) is 31.5 Å². The maximum Gasteiger partial charge on any atom is 0.290 e. The van der Waals surface area contributed by atoms with Gasteiger partial charge in [-0.05, 0) is 75.0 Å². The van der Waals surface area contributed by atoms with Crippen LogP contribution < -0.4 is 10.6 Å². The number of aromatic nitrogens is 2. The Hall–Kier alpha value is -2.78. The molecule has 8 nitrogen and oxygen atoms in total. The summed E-state index contributed by atoms with van der Waals surface area (Å²) in [5, 5.41) is 5.18. The van der Waals surface area contributed by atoms with Crippen LogP contribution in [-0.2, 0) is 4.79 Å². The molecule has 0 aromatic carbocycles. The topological polar surface area (TPSA) is 99.6 Å². The fraction of sp³-hybridized carbons (Fsp3) is 0.381. The second kappa shape index (κ2) is 10.8. The molecule has 0 bridgehead atoms. The molecule has 2 aliphatic rings. The molecule has 158 valence electrons. The number of likely N-dealkylation sites (tertiary alicyclic amines) is 1. The third-order valence-electron chi connectivity index (χ3n) is 4.90. The SMILES string of the molecule is C=N/C=C(\C=C/C)CN1CCC(CNc2nccc(/C=C3\SC(=O)NC3=O)n2)CC1. The molecule has 0 aliphatic carbocycles. The molecule has 2 saturated heterocycles. The van der Waals surface area contributed by atoms with Crippen molar-refractivity contribution in [2.45, 2.75) is 19.8 Å². The Labute approximate surface area is 180 Å². The number of carbonyl (C=O) groups excluding carboxylic acids is 2. The van der Waals surface area contributed by atoms with Crippen LogP contribution in [0.5, 0.6) is 0 Å². The van der Waals surface area contributed by atoms with Crippen LogP contribution in [0.4, 0.5) is 10.7 Å². The number of carbonyl (C=O) groups is 2. The quantitative estimate of drug-likeness (QED) is 0.374. The van der Waals surface area contributed by atoms with E-state index in [1.54, 1.807) is 18.3 Å². The summed E-state index contributed by atoms with van der Waals surface area (Å²) in [6.45, 7) is 9.30. The molecular formula is C21H26N6O2S. The third-order valence-corrected chi connectivity index (χ3v) is 5.71. The highest BCUT2D eigenvalue weighted by Crippen LogP contribution is 2.25. The van der Waals surface area contributed by atoms with E-state index in [-0.39, 0.29) is 11.1 Å². The van der Waals surface area contributed by atoms with Crippen LogP contribution in [0.1, 0.15) is 25.5 Å². The molecule has 3 rings (SSSR count). The first-order valence-electron chi connectivity index (χ1n) is 9.89. The maximum atomic E-state index is 11.7. The maximum absolute atomic E-state index is 11.7. The molecule has 0 unspecified atom stereocenters. The lowest BCUT2D eigenvalue weighted by molar-refractivity contribution is -0.115. The molecule has 2 amide bonds. The lowest BCUT2D eigenvalue weighted by Crippen LogP contribution is -2.36. The Bertz CT molecular complexity index is 887. The summed E-state index contributed by atoms with van der Waals surface area (Å²) in [6, 6.07) is 1.71. The number of imide groups is 1. The first kappa shape index (κ1) is 21.9. The van der Waals surface area contributed by atoms with Gasteiger partial charge in [0, 0.05) is 25.5 Å². The van der Waals surface area contributed by atoms with Gasteiger partial charge in [0.2, 0.25) is 5.95 Å². The minimum Gasteiger partial charge on any atom is -0.354 e. The monoisotopic (exact) mass is 426 g/mol. The van der Waals surface area contributed by atoms with E-state index < -0.39 is 0 Å². The van der Waals surface area contributed by atoms with E-state index in [4.69, 9.17) is 0 Å². The Morgan fingerprint density at radius 1 is 1.43 bits per heavy atom. The number of aliphatic imine (C=N–C) groups is 1. The fourth-order valence-electron chi connectivity index (χ4n) is 3.40. The zero-order valence-electron chi connectivity index (χ0n) is 17.0. The predicted octanol–water partition coefficient (Wildman–Crippen LogP) is 3.09. The largest absolute Gasteiger partial charge is 0.354 e. The molecule has 1 aromatic rings. The van der Waals surface area contributed by atoms with E-state index in [0.717, 1.165) is 50.8 Å². The Balaban J connectivity index is 1.48. The summed E-state index contributed by atoms with van der Waals surface area (Å²) < 4.78 is 0. The van der Waals surface area contributed by atoms with E-state index in [2.05, 4.69) is 43.3 Å². The van der Waals surface area contributed by atoms with E-state index in [0.29, 0.717) is 22.5 Å². The lowest BCUT2D eigenvalue weighted by Gasteiger charge is -2.32. The first-order valence-corrected chi connectivity index (χ1v) is 10.7. The summed E-state index contributed by atoms with van der Waals surface area (Å²) in [7, 11) is 0. The Morgan fingerprint density at radius 3 is 2.90 bits per heavy atom. The standard InChI is InChI=1S/C21H26N6O2S/c1-3-4-16(12-22-2)14-27-9-6-15(7-10-27)13-24-20-23-8-5-17(25-20)11-18-19(28)26-21(29)30-18/h3-5,8,11-12,15H,2,6-7,9-10,13-14H2,1H3,(H,23,24,25)(H,26,28,29)/b4-3-,16-12+,18-11-. The van der Waals surface area contributed by atoms with E-state index in [1.165, 1.54) is 5.57 Å². The molecule has 2 fully saturated rings. The number of rotatable bonds is 8. The normalized spacial score (nSPS) is 20.2. The van der Waals surface area contributed by atoms with Crippen molar-refractivity contribution in [3.8, 4) is 0 Å². The number of nitrogens with one attached hydrogen (secondary N) is 2. The van der Waals surface area contributed by atoms with Crippen LogP contribution in [0.3, 0.4) is 0 Å². The van der Waals surface area contributed by atoms with E-state index in [9.17, 15) is 9.59 Å². The van der Waals surface area contributed by atoms with E-state index >= 15 is 0 Å². The molecule has 3 heterocycles. The van der Waals surface area contributed by atoms with Crippen LogP contribution in [0.25, 0.3) is 6.08 Å². The highest BCUT2D eigenvalue weighted by molar-refractivity contribution is 8.18. The predicted molar refractivity (Wildman–Crippen MR) is 121 cm³/mol. The number of hydrogen-bond donors (Lipinski definition) is 2. The van der Waals surface area contributed by atoms with Gasteiger partial charge in [0.25, 0.3) is 11.1 Å². The molecule has 0 atom stereocenters. The van der Waals surface area contributed by atoms with Crippen molar-refractivity contribution in [2.24, 2.45) is 10.9 Å². The van der Waals surface area contributed by atoms with Gasteiger partial charge in [-0.2, -0.15) is 0 Å². The van der Waals surface area contributed by atoms with Crippen molar-refractivity contribution in [1.29, 1.82) is 0 Å². The summed E-state index contributed by atoms with van der Waals surface area (Å²) in [4.78, 5) is 38.3. The second-order valence-electron chi connectivity index (χ2n) is 7.14. The van der Waals surface area contributed by atoms with Crippen molar-refractivity contribution in [3.05, 3.63) is 46.8 Å². The number of allylic oxidation sites excluding steroid dienone is 1. The molecule has 30 heavy (non-hydrogen) atoms. The molecule has 2 N–H and O–H groups in total. The van der Waals surface area contributed by atoms with Gasteiger partial charge in [-0.3, -0.25) is 24.8 Å². The number of thioether (sulfide) groups is 1. The highest BCUT2D eigenvalue weighted by atomic mass is 32.2. The van der Waals surface area contributed by atoms with Crippen LogP contribution in [0.2, 0.25) is 0 Å². The van der Waals surface area contributed by atoms with Gasteiger partial charge >= 0.3 is 0 Å². The van der Waals surface area contributed by atoms with Gasteiger partial charge in [-0.15, -0.1) is 0 Å². The molecule has 9 heteroatoms. The van der Waals surface area contributed by atoms with Crippen LogP contribution in [-0.4, -0.2) is 58.9 Å². The minimum absolute atomic E-state index is 0.343. The Morgan fingerprint density at radius 2 is 2.23 bits per heavy atom. The molecular weight excluding hydrogens is 400 g/mol. The molecule has 0 radical (unpaired) electrons. The third kappa shape index (κ3) is 6.36. The number of amides is 2. The van der Waals surface area contributed by atoms with Gasteiger partial charge < -0.3 is 5.32 Å². The number of anilines is 1. The number of hydrogen-bond acceptors (Lipinski definition) is 8. The van der Waals surface area contributed by atoms with Gasteiger partial charge in [0.05, 0.1) is 10.6 Å². The zero-order chi connectivity index (χ0) is 21.3. The van der Waals surface area contributed by atoms with Gasteiger partial charge in [-0.25, -0.2) is 9.97 Å². The molecule has 0 saturated carbocycles. The molecule has 2 aliphatic heterocycles. The van der Waals surface area contributed by atoms with Gasteiger partial charge in [0.15, 0.2) is 0 Å².